The number of hydrogen-bond donors (Lipinski definition) is 0. The maximum Gasteiger partial charge on any atom is -1.00 e. The van der Waals surface area contributed by atoms with Gasteiger partial charge in [-0.05, 0) is 0 Å². The quantitative estimate of drug-likeness (QED) is 0.511. The van der Waals surface area contributed by atoms with Crippen molar-refractivity contribution in [1.29, 1.82) is 0 Å². The first-order chi connectivity index (χ1) is 4.84. The van der Waals surface area contributed by atoms with Crippen molar-refractivity contribution >= 4 is 0 Å². The largest absolute Gasteiger partial charge is 1.00 e. The minimum atomic E-state index is 0. The minimum Gasteiger partial charge on any atom is -1.00 e. The van der Waals surface area contributed by atoms with Crippen LogP contribution in [0.2, 0.25) is 5.02 Å². The molecule has 0 N–H and O–H groups in total. The molecule has 11 heavy (non-hydrogen) atoms. The smallest absolute Gasteiger partial charge is 1.00 e. The van der Waals surface area contributed by atoms with Crippen LogP contribution in [0.5, 0.6) is 0 Å². The van der Waals surface area contributed by atoms with Gasteiger partial charge in [0.15, 0.2) is 0 Å². The third-order valence-electron chi connectivity index (χ3n) is 1.71. The first kappa shape index (κ1) is 11.6. The van der Waals surface area contributed by atoms with Crippen molar-refractivity contribution in [1.82, 2.24) is 0 Å². The molecule has 56 valence electrons. The third kappa shape index (κ3) is 3.66. The number of halogens is 1. The second kappa shape index (κ2) is 6.13. The van der Waals surface area contributed by atoms with E-state index in [0.717, 1.165) is 0 Å². The van der Waals surface area contributed by atoms with E-state index in [1.807, 2.05) is 0 Å². The summed E-state index contributed by atoms with van der Waals surface area (Å²) in [6.45, 7) is 2.19. The summed E-state index contributed by atoms with van der Waals surface area (Å²) in [6.07, 6.45) is 1.27. The molecule has 2 heteroatoms. The van der Waals surface area contributed by atoms with E-state index in [4.69, 9.17) is 0 Å². The van der Waals surface area contributed by atoms with Crippen molar-refractivity contribution in [2.24, 2.45) is 0 Å². The topological polar surface area (TPSA) is 0 Å². The zero-order valence-electron chi connectivity index (χ0n) is 6.81. The van der Waals surface area contributed by atoms with Crippen LogP contribution in [0.15, 0.2) is 24.3 Å². The Morgan fingerprint density at radius 1 is 1.27 bits per heavy atom. The maximum atomic E-state index is 2.23. The van der Waals surface area contributed by atoms with Gasteiger partial charge in [-0.2, -0.15) is 0 Å². The van der Waals surface area contributed by atoms with Crippen LogP contribution >= 0.6 is 0 Å². The predicted molar refractivity (Wildman–Crippen MR) is 39.7 cm³/mol. The van der Waals surface area contributed by atoms with E-state index < -0.39 is 0 Å². The Balaban J connectivity index is 0.000001000. The van der Waals surface area contributed by atoms with Gasteiger partial charge < -0.3 is 24.0 Å². The summed E-state index contributed by atoms with van der Waals surface area (Å²) in [7, 11) is 0. The normalized spacial score (nSPS) is 9.00. The Bertz CT molecular complexity index is 210. The molecule has 0 atom stereocenters. The Kier molecular flexibility index (Phi) is 6.45. The monoisotopic (exact) mass is 310 g/mol. The molecule has 0 radical (unpaired) electrons. The average molecular weight is 311 g/mol. The molecule has 0 aliphatic rings. The van der Waals surface area contributed by atoms with E-state index in [1.54, 1.807) is 0 Å². The van der Waals surface area contributed by atoms with Crippen molar-refractivity contribution in [3.05, 3.63) is 35.4 Å². The molecule has 0 aliphatic carbocycles. The fraction of sp³-hybridized carbons (Fsp3) is 0.333. The number of rotatable bonds is 2. The van der Waals surface area contributed by atoms with E-state index in [0.29, 0.717) is 0 Å². The summed E-state index contributed by atoms with van der Waals surface area (Å²) in [5.41, 5.74) is 2.96. The zero-order valence-corrected chi connectivity index (χ0v) is 11.9. The van der Waals surface area contributed by atoms with Gasteiger partial charge in [0, 0.05) is 0 Å². The molecule has 0 saturated heterocycles. The fourth-order valence-electron chi connectivity index (χ4n) is 1.08. The van der Waals surface area contributed by atoms with Crippen LogP contribution in [0.1, 0.15) is 11.1 Å². The van der Waals surface area contributed by atoms with Crippen molar-refractivity contribution in [3.8, 4) is 0 Å². The molecular weight excluding hydrogens is 300 g/mol. The predicted octanol–water partition coefficient (Wildman–Crippen LogP) is -0.493. The van der Waals surface area contributed by atoms with Crippen LogP contribution in [-0.4, -0.2) is 0 Å². The van der Waals surface area contributed by atoms with Gasteiger partial charge in [-0.3, -0.25) is 0 Å². The molecule has 0 amide bonds. The number of benzene rings is 1. The first-order valence-electron chi connectivity index (χ1n) is 3.68. The van der Waals surface area contributed by atoms with Gasteiger partial charge >= 0.3 is 72.1 Å². The third-order valence-corrected chi connectivity index (χ3v) is 2.45. The van der Waals surface area contributed by atoms with E-state index >= 15 is 0 Å². The summed E-state index contributed by atoms with van der Waals surface area (Å²) in [6, 6.07) is 8.64. The molecule has 1 aromatic rings. The summed E-state index contributed by atoms with van der Waals surface area (Å²) in [5.74, 6) is 0. The summed E-state index contributed by atoms with van der Waals surface area (Å²) < 4.78 is 0. The Labute approximate surface area is 95.5 Å². The van der Waals surface area contributed by atoms with Crippen LogP contribution in [0.3, 0.4) is 0 Å². The molecule has 0 heterocycles. The second-order valence-corrected chi connectivity index (χ2v) is 4.01. The van der Waals surface area contributed by atoms with Gasteiger partial charge in [0.1, 0.15) is 0 Å². The van der Waals surface area contributed by atoms with Crippen molar-refractivity contribution in [2.75, 3.05) is 0 Å². The Morgan fingerprint density at radius 2 is 1.91 bits per heavy atom. The molecule has 0 saturated carbocycles. The standard InChI is InChI=1S/C9H11.HI.Zn/c1-3-9-7-5-4-6-8(9)2;;/h4-7H,1,3H2,2H3;1H;/q;;+1/p-1. The van der Waals surface area contributed by atoms with E-state index in [-0.39, 0.29) is 24.0 Å². The van der Waals surface area contributed by atoms with Gasteiger partial charge in [-0.15, -0.1) is 0 Å². The number of aryl methyl sites for hydroxylation is 2. The SMILES string of the molecule is Cc1ccccc1C[CH2][Zn+].[I-]. The van der Waals surface area contributed by atoms with Gasteiger partial charge in [0.2, 0.25) is 0 Å². The van der Waals surface area contributed by atoms with Gasteiger partial charge in [0.05, 0.1) is 0 Å². The zero-order chi connectivity index (χ0) is 7.40. The van der Waals surface area contributed by atoms with Gasteiger partial charge in [-0.25, -0.2) is 0 Å². The Morgan fingerprint density at radius 3 is 2.45 bits per heavy atom. The summed E-state index contributed by atoms with van der Waals surface area (Å²) >= 11 is 1.41. The van der Waals surface area contributed by atoms with E-state index in [1.165, 1.54) is 40.9 Å². The summed E-state index contributed by atoms with van der Waals surface area (Å²) in [5, 5.41) is 1.37. The molecule has 1 aromatic carbocycles. The fourth-order valence-corrected chi connectivity index (χ4v) is 1.88. The van der Waals surface area contributed by atoms with Crippen LogP contribution in [-0.2, 0) is 24.7 Å². The van der Waals surface area contributed by atoms with Crippen LogP contribution in [0.4, 0.5) is 0 Å². The van der Waals surface area contributed by atoms with Crippen molar-refractivity contribution in [3.63, 3.8) is 0 Å². The van der Waals surface area contributed by atoms with E-state index in [2.05, 4.69) is 31.2 Å². The molecule has 0 aromatic heterocycles. The molecule has 0 nitrogen and oxygen atoms in total. The molecule has 0 aliphatic heterocycles. The van der Waals surface area contributed by atoms with Gasteiger partial charge in [-0.1, -0.05) is 0 Å². The van der Waals surface area contributed by atoms with Crippen molar-refractivity contribution < 1.29 is 42.3 Å². The van der Waals surface area contributed by atoms with Crippen LogP contribution in [0, 0.1) is 6.92 Å². The molecule has 0 spiro atoms. The first-order valence-corrected chi connectivity index (χ1v) is 5.78. The van der Waals surface area contributed by atoms with Crippen LogP contribution in [0.25, 0.3) is 0 Å². The van der Waals surface area contributed by atoms with Gasteiger partial charge in [0.25, 0.3) is 0 Å². The molecular formula is C9H11IZn. The molecule has 0 unspecified atom stereocenters. The molecule has 0 bridgehead atoms. The molecule has 1 rings (SSSR count). The second-order valence-electron chi connectivity index (χ2n) is 2.53. The van der Waals surface area contributed by atoms with Crippen LogP contribution < -0.4 is 24.0 Å². The average Bonchev–Trinajstić information content (AvgIpc) is 1.94. The Hall–Kier alpha value is 0.573. The maximum absolute atomic E-state index is 2.23. The van der Waals surface area contributed by atoms with Crippen molar-refractivity contribution in [2.45, 2.75) is 18.4 Å². The number of hydrogen-bond acceptors (Lipinski definition) is 0. The van der Waals surface area contributed by atoms with E-state index in [9.17, 15) is 0 Å². The molecule has 0 fully saturated rings. The summed E-state index contributed by atoms with van der Waals surface area (Å²) in [4.78, 5) is 0. The minimum absolute atomic E-state index is 0.